The van der Waals surface area contributed by atoms with Crippen molar-refractivity contribution < 1.29 is 4.79 Å². The summed E-state index contributed by atoms with van der Waals surface area (Å²) in [4.78, 5) is 22.1. The monoisotopic (exact) mass is 279 g/mol. The van der Waals surface area contributed by atoms with Crippen molar-refractivity contribution >= 4 is 17.5 Å². The van der Waals surface area contributed by atoms with Crippen LogP contribution in [0.25, 0.3) is 0 Å². The maximum Gasteiger partial charge on any atom is 0.241 e. The number of carbonyl (C=O) groups excluding carboxylic acids is 1. The summed E-state index contributed by atoms with van der Waals surface area (Å²) in [5.41, 5.74) is -0.145. The number of carbonyl (C=O) groups is 1. The molecule has 1 heterocycles. The fourth-order valence-electron chi connectivity index (χ4n) is 1.47. The first-order valence-corrected chi connectivity index (χ1v) is 6.81. The van der Waals surface area contributed by atoms with Gasteiger partial charge in [0.25, 0.3) is 0 Å². The number of rotatable bonds is 5. The van der Waals surface area contributed by atoms with Crippen molar-refractivity contribution in [2.45, 2.75) is 33.1 Å². The van der Waals surface area contributed by atoms with Crippen molar-refractivity contribution in [2.24, 2.45) is 0 Å². The van der Waals surface area contributed by atoms with Crippen LogP contribution in [0.4, 0.5) is 11.6 Å². The van der Waals surface area contributed by atoms with Gasteiger partial charge in [-0.3, -0.25) is 4.79 Å². The van der Waals surface area contributed by atoms with E-state index in [0.29, 0.717) is 5.82 Å². The lowest BCUT2D eigenvalue weighted by molar-refractivity contribution is -0.126. The van der Waals surface area contributed by atoms with E-state index in [2.05, 4.69) is 41.4 Å². The highest BCUT2D eigenvalue weighted by atomic mass is 16.2. The normalized spacial score (nSPS) is 11.1. The number of anilines is 2. The van der Waals surface area contributed by atoms with Gasteiger partial charge in [0, 0.05) is 32.1 Å². The number of amides is 1. The smallest absolute Gasteiger partial charge is 0.241 e. The molecule has 1 aromatic rings. The van der Waals surface area contributed by atoms with Crippen molar-refractivity contribution in [3.63, 3.8) is 0 Å². The number of nitrogens with zero attached hydrogens (tertiary/aromatic N) is 3. The van der Waals surface area contributed by atoms with Crippen molar-refractivity contribution in [1.82, 2.24) is 14.9 Å². The highest BCUT2D eigenvalue weighted by Crippen LogP contribution is 2.22. The van der Waals surface area contributed by atoms with Crippen LogP contribution in [0.15, 0.2) is 6.07 Å². The molecule has 1 rings (SSSR count). The molecule has 0 aliphatic heterocycles. The zero-order valence-electron chi connectivity index (χ0n) is 13.2. The second-order valence-corrected chi connectivity index (χ2v) is 5.88. The zero-order chi connectivity index (χ0) is 15.3. The molecule has 0 aromatic carbocycles. The Morgan fingerprint density at radius 2 is 1.75 bits per heavy atom. The van der Waals surface area contributed by atoms with Gasteiger partial charge in [0.2, 0.25) is 5.91 Å². The Morgan fingerprint density at radius 1 is 1.20 bits per heavy atom. The molecule has 0 unspecified atom stereocenters. The Kier molecular flexibility index (Phi) is 5.30. The molecule has 0 aliphatic carbocycles. The average Bonchev–Trinajstić information content (AvgIpc) is 2.35. The van der Waals surface area contributed by atoms with E-state index in [1.165, 1.54) is 0 Å². The molecule has 0 atom stereocenters. The molecule has 0 radical (unpaired) electrons. The molecule has 0 saturated heterocycles. The van der Waals surface area contributed by atoms with E-state index in [1.807, 2.05) is 13.0 Å². The summed E-state index contributed by atoms with van der Waals surface area (Å²) in [6.45, 7) is 9.21. The molecular formula is C14H25N5O. The number of aromatic nitrogens is 2. The van der Waals surface area contributed by atoms with Gasteiger partial charge in [0.1, 0.15) is 17.5 Å². The SMILES string of the molecule is CCNc1cc(NCC(=O)N(C)C)nc(C(C)(C)C)n1. The lowest BCUT2D eigenvalue weighted by Crippen LogP contribution is -2.29. The van der Waals surface area contributed by atoms with E-state index in [9.17, 15) is 4.79 Å². The van der Waals surface area contributed by atoms with E-state index in [0.717, 1.165) is 18.2 Å². The third-order valence-electron chi connectivity index (χ3n) is 2.67. The Bertz CT molecular complexity index is 465. The number of likely N-dealkylation sites (N-methyl/N-ethyl adjacent to an activating group) is 1. The largest absolute Gasteiger partial charge is 0.370 e. The van der Waals surface area contributed by atoms with Gasteiger partial charge in [-0.05, 0) is 6.92 Å². The summed E-state index contributed by atoms with van der Waals surface area (Å²) >= 11 is 0. The minimum atomic E-state index is -0.145. The zero-order valence-corrected chi connectivity index (χ0v) is 13.2. The summed E-state index contributed by atoms with van der Waals surface area (Å²) < 4.78 is 0. The molecule has 6 nitrogen and oxygen atoms in total. The summed E-state index contributed by atoms with van der Waals surface area (Å²) in [5, 5.41) is 6.24. The fraction of sp³-hybridized carbons (Fsp3) is 0.643. The molecule has 0 bridgehead atoms. The number of hydrogen-bond acceptors (Lipinski definition) is 5. The van der Waals surface area contributed by atoms with Crippen LogP contribution in [0.1, 0.15) is 33.5 Å². The van der Waals surface area contributed by atoms with Crippen LogP contribution in [0.5, 0.6) is 0 Å². The van der Waals surface area contributed by atoms with Gasteiger partial charge >= 0.3 is 0 Å². The summed E-state index contributed by atoms with van der Waals surface area (Å²) in [7, 11) is 3.46. The quantitative estimate of drug-likeness (QED) is 0.858. The lowest BCUT2D eigenvalue weighted by atomic mass is 9.96. The van der Waals surface area contributed by atoms with Gasteiger partial charge in [-0.15, -0.1) is 0 Å². The van der Waals surface area contributed by atoms with E-state index in [1.54, 1.807) is 19.0 Å². The minimum Gasteiger partial charge on any atom is -0.370 e. The standard InChI is InChI=1S/C14H25N5O/c1-7-15-10-8-11(16-9-12(20)19(5)6)18-13(17-10)14(2,3)4/h8H,7,9H2,1-6H3,(H2,15,16,17,18). The van der Waals surface area contributed by atoms with Crippen LogP contribution >= 0.6 is 0 Å². The van der Waals surface area contributed by atoms with E-state index in [4.69, 9.17) is 0 Å². The summed E-state index contributed by atoms with van der Waals surface area (Å²) in [5.74, 6) is 2.19. The van der Waals surface area contributed by atoms with Gasteiger partial charge < -0.3 is 15.5 Å². The Labute approximate surface area is 121 Å². The van der Waals surface area contributed by atoms with Gasteiger partial charge in [0.05, 0.1) is 6.54 Å². The molecule has 1 amide bonds. The molecule has 2 N–H and O–H groups in total. The Balaban J connectivity index is 2.94. The van der Waals surface area contributed by atoms with Crippen LogP contribution in [-0.2, 0) is 10.2 Å². The molecular weight excluding hydrogens is 254 g/mol. The van der Waals surface area contributed by atoms with E-state index in [-0.39, 0.29) is 17.9 Å². The second-order valence-electron chi connectivity index (χ2n) is 5.88. The Morgan fingerprint density at radius 3 is 2.20 bits per heavy atom. The first kappa shape index (κ1) is 16.2. The summed E-state index contributed by atoms with van der Waals surface area (Å²) in [6.07, 6.45) is 0. The van der Waals surface area contributed by atoms with E-state index < -0.39 is 0 Å². The van der Waals surface area contributed by atoms with E-state index >= 15 is 0 Å². The summed E-state index contributed by atoms with van der Waals surface area (Å²) in [6, 6.07) is 1.82. The average molecular weight is 279 g/mol. The van der Waals surface area contributed by atoms with Gasteiger partial charge in [0.15, 0.2) is 0 Å². The van der Waals surface area contributed by atoms with Crippen molar-refractivity contribution in [3.8, 4) is 0 Å². The van der Waals surface area contributed by atoms with Gasteiger partial charge in [-0.2, -0.15) is 0 Å². The van der Waals surface area contributed by atoms with Crippen molar-refractivity contribution in [3.05, 3.63) is 11.9 Å². The van der Waals surface area contributed by atoms with Crippen LogP contribution in [-0.4, -0.2) is 48.0 Å². The third-order valence-corrected chi connectivity index (χ3v) is 2.67. The second kappa shape index (κ2) is 6.54. The predicted octanol–water partition coefficient (Wildman–Crippen LogP) is 1.71. The highest BCUT2D eigenvalue weighted by molar-refractivity contribution is 5.80. The molecule has 0 aliphatic rings. The third kappa shape index (κ3) is 4.68. The molecule has 20 heavy (non-hydrogen) atoms. The number of hydrogen-bond donors (Lipinski definition) is 2. The van der Waals surface area contributed by atoms with Crippen molar-refractivity contribution in [1.29, 1.82) is 0 Å². The molecule has 0 spiro atoms. The highest BCUT2D eigenvalue weighted by Gasteiger charge is 2.19. The van der Waals surface area contributed by atoms with Crippen LogP contribution < -0.4 is 10.6 Å². The maximum atomic E-state index is 11.6. The maximum absolute atomic E-state index is 11.6. The minimum absolute atomic E-state index is 0.00548. The molecule has 1 aromatic heterocycles. The topological polar surface area (TPSA) is 70.2 Å². The first-order chi connectivity index (χ1) is 9.24. The molecule has 0 fully saturated rings. The predicted molar refractivity (Wildman–Crippen MR) is 82.1 cm³/mol. The lowest BCUT2D eigenvalue weighted by Gasteiger charge is -2.19. The van der Waals surface area contributed by atoms with Crippen molar-refractivity contribution in [2.75, 3.05) is 37.8 Å². The fourth-order valence-corrected chi connectivity index (χ4v) is 1.47. The molecule has 112 valence electrons. The van der Waals surface area contributed by atoms with Crippen LogP contribution in [0.2, 0.25) is 0 Å². The van der Waals surface area contributed by atoms with Crippen LogP contribution in [0, 0.1) is 0 Å². The van der Waals surface area contributed by atoms with Gasteiger partial charge in [-0.25, -0.2) is 9.97 Å². The molecule has 6 heteroatoms. The Hall–Kier alpha value is -1.85. The van der Waals surface area contributed by atoms with Crippen LogP contribution in [0.3, 0.4) is 0 Å². The van der Waals surface area contributed by atoms with Gasteiger partial charge in [-0.1, -0.05) is 20.8 Å². The number of nitrogens with one attached hydrogen (secondary N) is 2. The molecule has 0 saturated carbocycles. The first-order valence-electron chi connectivity index (χ1n) is 6.81.